The molecule has 0 spiro atoms. The van der Waals surface area contributed by atoms with Crippen molar-refractivity contribution in [3.8, 4) is 5.75 Å². The molecule has 1 fully saturated rings. The first-order valence-electron chi connectivity index (χ1n) is 9.62. The van der Waals surface area contributed by atoms with Gasteiger partial charge in [-0.25, -0.2) is 4.79 Å². The van der Waals surface area contributed by atoms with E-state index in [4.69, 9.17) is 14.2 Å². The summed E-state index contributed by atoms with van der Waals surface area (Å²) in [6.45, 7) is 0.820. The second-order valence-corrected chi connectivity index (χ2v) is 6.72. The fourth-order valence-electron chi connectivity index (χ4n) is 3.07. The van der Waals surface area contributed by atoms with E-state index in [0.717, 1.165) is 25.0 Å². The Hall–Kier alpha value is -3.12. The van der Waals surface area contributed by atoms with Crippen LogP contribution in [0.4, 0.5) is 0 Å². The van der Waals surface area contributed by atoms with E-state index in [1.54, 1.807) is 13.2 Å². The van der Waals surface area contributed by atoms with E-state index in [1.807, 2.05) is 54.6 Å². The molecule has 0 bridgehead atoms. The molecule has 1 atom stereocenters. The van der Waals surface area contributed by atoms with Gasteiger partial charge in [-0.1, -0.05) is 42.5 Å². The average Bonchev–Trinajstić information content (AvgIpc) is 3.29. The van der Waals surface area contributed by atoms with Gasteiger partial charge in [0.05, 0.1) is 18.8 Å². The first-order valence-corrected chi connectivity index (χ1v) is 9.62. The van der Waals surface area contributed by atoms with Crippen LogP contribution in [0.1, 0.15) is 24.0 Å². The molecule has 152 valence electrons. The highest BCUT2D eigenvalue weighted by molar-refractivity contribution is 6.21. The van der Waals surface area contributed by atoms with Crippen molar-refractivity contribution in [3.63, 3.8) is 0 Å². The number of methoxy groups -OCH3 is 1. The molecule has 1 saturated heterocycles. The SMILES string of the molecule is COc1cccc(/C=C(/C(=O)OCC(=O)NC[C@@H]2CCCO2)c2ccccc2)c1. The first kappa shape index (κ1) is 20.6. The Balaban J connectivity index is 1.67. The number of benzene rings is 2. The quantitative estimate of drug-likeness (QED) is 0.422. The molecule has 1 aliphatic rings. The highest BCUT2D eigenvalue weighted by atomic mass is 16.5. The molecule has 1 heterocycles. The molecule has 1 aliphatic heterocycles. The Morgan fingerprint density at radius 2 is 2.00 bits per heavy atom. The normalized spacial score (nSPS) is 16.3. The van der Waals surface area contributed by atoms with E-state index in [1.165, 1.54) is 0 Å². The third-order valence-corrected chi connectivity index (χ3v) is 4.59. The lowest BCUT2D eigenvalue weighted by atomic mass is 10.0. The highest BCUT2D eigenvalue weighted by Gasteiger charge is 2.18. The van der Waals surface area contributed by atoms with Crippen LogP contribution in [0.3, 0.4) is 0 Å². The molecule has 29 heavy (non-hydrogen) atoms. The second kappa shape index (κ2) is 10.4. The van der Waals surface area contributed by atoms with Crippen molar-refractivity contribution in [2.24, 2.45) is 0 Å². The number of amides is 1. The van der Waals surface area contributed by atoms with Gasteiger partial charge in [0.25, 0.3) is 5.91 Å². The summed E-state index contributed by atoms with van der Waals surface area (Å²) in [7, 11) is 1.59. The molecule has 0 saturated carbocycles. The summed E-state index contributed by atoms with van der Waals surface area (Å²) in [6, 6.07) is 16.6. The van der Waals surface area contributed by atoms with Gasteiger partial charge in [0.2, 0.25) is 0 Å². The van der Waals surface area contributed by atoms with Crippen LogP contribution in [0.5, 0.6) is 5.75 Å². The highest BCUT2D eigenvalue weighted by Crippen LogP contribution is 2.22. The Morgan fingerprint density at radius 3 is 2.72 bits per heavy atom. The average molecular weight is 395 g/mol. The van der Waals surface area contributed by atoms with Gasteiger partial charge in [0, 0.05) is 13.2 Å². The zero-order valence-electron chi connectivity index (χ0n) is 16.4. The molecular weight excluding hydrogens is 370 g/mol. The second-order valence-electron chi connectivity index (χ2n) is 6.72. The maximum absolute atomic E-state index is 12.7. The summed E-state index contributed by atoms with van der Waals surface area (Å²) in [5, 5.41) is 2.75. The van der Waals surface area contributed by atoms with E-state index in [9.17, 15) is 9.59 Å². The van der Waals surface area contributed by atoms with Crippen molar-refractivity contribution in [2.45, 2.75) is 18.9 Å². The van der Waals surface area contributed by atoms with Gasteiger partial charge < -0.3 is 19.5 Å². The molecule has 0 radical (unpaired) electrons. The zero-order valence-corrected chi connectivity index (χ0v) is 16.4. The molecule has 1 amide bonds. The molecule has 6 heteroatoms. The van der Waals surface area contributed by atoms with Crippen LogP contribution in [0, 0.1) is 0 Å². The Morgan fingerprint density at radius 1 is 1.17 bits per heavy atom. The van der Waals surface area contributed by atoms with Gasteiger partial charge >= 0.3 is 5.97 Å². The molecule has 0 aliphatic carbocycles. The van der Waals surface area contributed by atoms with Crippen LogP contribution in [-0.4, -0.2) is 44.8 Å². The summed E-state index contributed by atoms with van der Waals surface area (Å²) >= 11 is 0. The van der Waals surface area contributed by atoms with E-state index in [-0.39, 0.29) is 18.6 Å². The molecule has 6 nitrogen and oxygen atoms in total. The summed E-state index contributed by atoms with van der Waals surface area (Å²) in [5.74, 6) is -0.220. The predicted molar refractivity (Wildman–Crippen MR) is 110 cm³/mol. The minimum absolute atomic E-state index is 0.0440. The number of ether oxygens (including phenoxy) is 3. The lowest BCUT2D eigenvalue weighted by Gasteiger charge is -2.12. The number of esters is 1. The van der Waals surface area contributed by atoms with Crippen LogP contribution in [0.15, 0.2) is 54.6 Å². The van der Waals surface area contributed by atoms with E-state index in [0.29, 0.717) is 23.4 Å². The van der Waals surface area contributed by atoms with Crippen molar-refractivity contribution in [3.05, 3.63) is 65.7 Å². The fourth-order valence-corrected chi connectivity index (χ4v) is 3.07. The van der Waals surface area contributed by atoms with E-state index < -0.39 is 5.97 Å². The largest absolute Gasteiger partial charge is 0.497 e. The van der Waals surface area contributed by atoms with Gasteiger partial charge in [0.1, 0.15) is 5.75 Å². The van der Waals surface area contributed by atoms with Crippen molar-refractivity contribution in [2.75, 3.05) is 26.9 Å². The minimum Gasteiger partial charge on any atom is -0.497 e. The third kappa shape index (κ3) is 6.19. The zero-order chi connectivity index (χ0) is 20.5. The van der Waals surface area contributed by atoms with Crippen LogP contribution in [0.25, 0.3) is 11.6 Å². The van der Waals surface area contributed by atoms with Gasteiger partial charge in [-0.15, -0.1) is 0 Å². The monoisotopic (exact) mass is 395 g/mol. The lowest BCUT2D eigenvalue weighted by molar-refractivity contribution is -0.143. The van der Waals surface area contributed by atoms with Gasteiger partial charge in [-0.05, 0) is 42.2 Å². The molecule has 0 aromatic heterocycles. The third-order valence-electron chi connectivity index (χ3n) is 4.59. The van der Waals surface area contributed by atoms with Crippen molar-refractivity contribution in [1.82, 2.24) is 5.32 Å². The Kier molecular flexibility index (Phi) is 7.41. The number of hydrogen-bond acceptors (Lipinski definition) is 5. The number of hydrogen-bond donors (Lipinski definition) is 1. The number of carbonyl (C=O) groups excluding carboxylic acids is 2. The van der Waals surface area contributed by atoms with Crippen LogP contribution >= 0.6 is 0 Å². The fraction of sp³-hybridized carbons (Fsp3) is 0.304. The molecule has 2 aromatic carbocycles. The van der Waals surface area contributed by atoms with Crippen molar-refractivity contribution in [1.29, 1.82) is 0 Å². The van der Waals surface area contributed by atoms with Crippen LogP contribution < -0.4 is 10.1 Å². The standard InChI is InChI=1S/C23H25NO5/c1-27-19-10-5-7-17(13-19)14-21(18-8-3-2-4-9-18)23(26)29-16-22(25)24-15-20-11-6-12-28-20/h2-5,7-10,13-14,20H,6,11-12,15-16H2,1H3,(H,24,25)/b21-14+/t20-/m0/s1. The lowest BCUT2D eigenvalue weighted by Crippen LogP contribution is -2.34. The predicted octanol–water partition coefficient (Wildman–Crippen LogP) is 3.07. The number of nitrogens with one attached hydrogen (secondary N) is 1. The summed E-state index contributed by atoms with van der Waals surface area (Å²) in [6.07, 6.45) is 3.71. The maximum atomic E-state index is 12.7. The summed E-state index contributed by atoms with van der Waals surface area (Å²) in [5.41, 5.74) is 1.87. The number of carbonyl (C=O) groups is 2. The first-order chi connectivity index (χ1) is 14.2. The number of rotatable bonds is 8. The molecule has 0 unspecified atom stereocenters. The summed E-state index contributed by atoms with van der Waals surface area (Å²) in [4.78, 5) is 24.8. The maximum Gasteiger partial charge on any atom is 0.339 e. The van der Waals surface area contributed by atoms with Gasteiger partial charge in [-0.2, -0.15) is 0 Å². The Bertz CT molecular complexity index is 857. The van der Waals surface area contributed by atoms with Gasteiger partial charge in [0.15, 0.2) is 6.61 Å². The van der Waals surface area contributed by atoms with Gasteiger partial charge in [-0.3, -0.25) is 4.79 Å². The molecular formula is C23H25NO5. The van der Waals surface area contributed by atoms with Crippen LogP contribution in [-0.2, 0) is 19.1 Å². The minimum atomic E-state index is -0.564. The smallest absolute Gasteiger partial charge is 0.339 e. The van der Waals surface area contributed by atoms with Crippen molar-refractivity contribution < 1.29 is 23.8 Å². The molecule has 1 N–H and O–H groups in total. The van der Waals surface area contributed by atoms with Crippen molar-refractivity contribution >= 4 is 23.5 Å². The van der Waals surface area contributed by atoms with E-state index >= 15 is 0 Å². The Labute approximate surface area is 170 Å². The topological polar surface area (TPSA) is 73.9 Å². The molecule has 2 aromatic rings. The summed E-state index contributed by atoms with van der Waals surface area (Å²) < 4.78 is 16.0. The van der Waals surface area contributed by atoms with E-state index in [2.05, 4.69) is 5.32 Å². The van der Waals surface area contributed by atoms with Crippen LogP contribution in [0.2, 0.25) is 0 Å². The molecule has 3 rings (SSSR count).